The van der Waals surface area contributed by atoms with E-state index in [0.717, 1.165) is 69.7 Å². The molecule has 1 fully saturated rings. The highest BCUT2D eigenvalue weighted by Gasteiger charge is 2.25. The molecule has 0 unspecified atom stereocenters. The van der Waals surface area contributed by atoms with E-state index >= 15 is 0 Å². The van der Waals surface area contributed by atoms with Gasteiger partial charge in [0.25, 0.3) is 0 Å². The van der Waals surface area contributed by atoms with Gasteiger partial charge in [-0.15, -0.1) is 0 Å². The first-order valence-electron chi connectivity index (χ1n) is 12.7. The van der Waals surface area contributed by atoms with Crippen molar-refractivity contribution >= 4 is 16.6 Å². The number of aryl methyl sites for hydroxylation is 1. The lowest BCUT2D eigenvalue weighted by atomic mass is 9.87. The molecule has 6 nitrogen and oxygen atoms in total. The highest BCUT2D eigenvalue weighted by atomic mass is 16.3. The van der Waals surface area contributed by atoms with Crippen LogP contribution in [0.15, 0.2) is 48.7 Å². The van der Waals surface area contributed by atoms with Crippen LogP contribution in [0.4, 0.5) is 5.69 Å². The molecule has 0 radical (unpaired) electrons. The van der Waals surface area contributed by atoms with Gasteiger partial charge in [-0.1, -0.05) is 25.1 Å². The van der Waals surface area contributed by atoms with Crippen molar-refractivity contribution in [2.75, 3.05) is 50.7 Å². The SMILES string of the molecule is CCCN(CCN1CCN(c2ccnc3c(O)cccc23)CC1)[C@@H]1CCc2ccc(O)cc2C1. The molecule has 2 aromatic carbocycles. The largest absolute Gasteiger partial charge is 0.508 e. The van der Waals surface area contributed by atoms with Gasteiger partial charge >= 0.3 is 0 Å². The molecule has 1 aliphatic heterocycles. The number of para-hydroxylation sites is 1. The first-order valence-corrected chi connectivity index (χ1v) is 12.7. The molecule has 2 N–H and O–H groups in total. The summed E-state index contributed by atoms with van der Waals surface area (Å²) in [4.78, 5) is 12.1. The predicted octanol–water partition coefficient (Wildman–Crippen LogP) is 4.04. The molecule has 2 heterocycles. The monoisotopic (exact) mass is 460 g/mol. The fraction of sp³-hybridized carbons (Fsp3) is 0.464. The lowest BCUT2D eigenvalue weighted by molar-refractivity contribution is 0.145. The number of hydrogen-bond acceptors (Lipinski definition) is 6. The summed E-state index contributed by atoms with van der Waals surface area (Å²) in [5, 5.41) is 21.1. The minimum atomic E-state index is 0.245. The summed E-state index contributed by atoms with van der Waals surface area (Å²) >= 11 is 0. The molecule has 0 saturated carbocycles. The van der Waals surface area contributed by atoms with E-state index in [1.165, 1.54) is 24.0 Å². The Labute approximate surface area is 202 Å². The third-order valence-electron chi connectivity index (χ3n) is 7.56. The molecule has 3 aromatic rings. The third-order valence-corrected chi connectivity index (χ3v) is 7.56. The second kappa shape index (κ2) is 10.2. The molecule has 180 valence electrons. The Bertz CT molecular complexity index is 1130. The number of nitrogens with zero attached hydrogens (tertiary/aromatic N) is 4. The van der Waals surface area contributed by atoms with Crippen LogP contribution in [-0.2, 0) is 12.8 Å². The summed E-state index contributed by atoms with van der Waals surface area (Å²) in [6.07, 6.45) is 6.31. The average Bonchev–Trinajstić information content (AvgIpc) is 2.86. The Morgan fingerprint density at radius 1 is 1.00 bits per heavy atom. The molecular formula is C28H36N4O2. The molecule has 0 amide bonds. The van der Waals surface area contributed by atoms with E-state index < -0.39 is 0 Å². The van der Waals surface area contributed by atoms with Crippen LogP contribution in [0, 0.1) is 0 Å². The number of anilines is 1. The van der Waals surface area contributed by atoms with E-state index in [4.69, 9.17) is 0 Å². The molecular weight excluding hydrogens is 424 g/mol. The lowest BCUT2D eigenvalue weighted by Crippen LogP contribution is -2.50. The van der Waals surface area contributed by atoms with Crippen molar-refractivity contribution in [3.8, 4) is 11.5 Å². The predicted molar refractivity (Wildman–Crippen MR) is 138 cm³/mol. The van der Waals surface area contributed by atoms with Crippen molar-refractivity contribution in [3.05, 3.63) is 59.8 Å². The van der Waals surface area contributed by atoms with Gasteiger partial charge in [-0.05, 0) is 67.6 Å². The number of phenols is 2. The van der Waals surface area contributed by atoms with Crippen molar-refractivity contribution in [3.63, 3.8) is 0 Å². The Morgan fingerprint density at radius 2 is 1.85 bits per heavy atom. The summed E-state index contributed by atoms with van der Waals surface area (Å²) in [6.45, 7) is 9.65. The number of fused-ring (bicyclic) bond motifs is 2. The molecule has 6 heteroatoms. The topological polar surface area (TPSA) is 63.1 Å². The van der Waals surface area contributed by atoms with Crippen molar-refractivity contribution in [1.82, 2.24) is 14.8 Å². The first-order chi connectivity index (χ1) is 16.6. The number of phenolic OH excluding ortho intramolecular Hbond substituents is 2. The van der Waals surface area contributed by atoms with Gasteiger partial charge in [-0.3, -0.25) is 14.8 Å². The molecule has 1 aliphatic carbocycles. The van der Waals surface area contributed by atoms with E-state index in [9.17, 15) is 10.2 Å². The normalized spacial score (nSPS) is 19.0. The minimum Gasteiger partial charge on any atom is -0.508 e. The molecule has 0 bridgehead atoms. The van der Waals surface area contributed by atoms with Crippen molar-refractivity contribution < 1.29 is 10.2 Å². The van der Waals surface area contributed by atoms with Crippen LogP contribution in [0.2, 0.25) is 0 Å². The van der Waals surface area contributed by atoms with Gasteiger partial charge in [0.05, 0.1) is 0 Å². The van der Waals surface area contributed by atoms with Gasteiger partial charge in [-0.25, -0.2) is 0 Å². The van der Waals surface area contributed by atoms with Gasteiger partial charge in [0, 0.05) is 62.6 Å². The zero-order chi connectivity index (χ0) is 23.5. The van der Waals surface area contributed by atoms with E-state index in [1.807, 2.05) is 18.2 Å². The third kappa shape index (κ3) is 4.84. The van der Waals surface area contributed by atoms with Crippen LogP contribution in [0.5, 0.6) is 11.5 Å². The first kappa shape index (κ1) is 22.9. The number of aromatic nitrogens is 1. The van der Waals surface area contributed by atoms with E-state index in [-0.39, 0.29) is 5.75 Å². The number of piperazine rings is 1. The number of aromatic hydroxyl groups is 2. The quantitative estimate of drug-likeness (QED) is 0.555. The molecule has 1 atom stereocenters. The van der Waals surface area contributed by atoms with E-state index in [2.05, 4.69) is 44.8 Å². The highest BCUT2D eigenvalue weighted by Crippen LogP contribution is 2.31. The summed E-state index contributed by atoms with van der Waals surface area (Å²) in [5.41, 5.74) is 4.57. The van der Waals surface area contributed by atoms with Crippen LogP contribution in [0.3, 0.4) is 0 Å². The van der Waals surface area contributed by atoms with Crippen molar-refractivity contribution in [2.45, 2.75) is 38.6 Å². The average molecular weight is 461 g/mol. The Hall–Kier alpha value is -2.83. The minimum absolute atomic E-state index is 0.245. The summed E-state index contributed by atoms with van der Waals surface area (Å²) in [6, 6.07) is 14.2. The van der Waals surface area contributed by atoms with Crippen LogP contribution in [-0.4, -0.2) is 76.9 Å². The molecule has 1 aromatic heterocycles. The summed E-state index contributed by atoms with van der Waals surface area (Å²) in [7, 11) is 0. The highest BCUT2D eigenvalue weighted by molar-refractivity contribution is 5.94. The number of hydrogen-bond donors (Lipinski definition) is 2. The molecule has 2 aliphatic rings. The van der Waals surface area contributed by atoms with Crippen LogP contribution < -0.4 is 4.90 Å². The second-order valence-electron chi connectivity index (χ2n) is 9.72. The molecule has 1 saturated heterocycles. The Balaban J connectivity index is 1.18. The molecule has 34 heavy (non-hydrogen) atoms. The van der Waals surface area contributed by atoms with E-state index in [0.29, 0.717) is 17.3 Å². The number of pyridine rings is 1. The lowest BCUT2D eigenvalue weighted by Gasteiger charge is -2.39. The zero-order valence-electron chi connectivity index (χ0n) is 20.2. The fourth-order valence-corrected chi connectivity index (χ4v) is 5.70. The van der Waals surface area contributed by atoms with Crippen molar-refractivity contribution in [1.29, 1.82) is 0 Å². The van der Waals surface area contributed by atoms with E-state index in [1.54, 1.807) is 12.3 Å². The van der Waals surface area contributed by atoms with Gasteiger partial charge in [0.1, 0.15) is 17.0 Å². The van der Waals surface area contributed by atoms with Crippen LogP contribution in [0.25, 0.3) is 10.9 Å². The standard InChI is InChI=1S/C28H36N4O2/c1-2-12-31(23-8-6-21-7-9-24(33)20-22(21)19-23)16-13-30-14-17-32(18-15-30)26-10-11-29-28-25(26)4-3-5-27(28)34/h3-5,7,9-11,20,23,33-34H,2,6,8,12-19H2,1H3/t23-/m1/s1. The van der Waals surface area contributed by atoms with Crippen LogP contribution >= 0.6 is 0 Å². The molecule has 0 spiro atoms. The maximum Gasteiger partial charge on any atom is 0.141 e. The van der Waals surface area contributed by atoms with Crippen molar-refractivity contribution in [2.24, 2.45) is 0 Å². The summed E-state index contributed by atoms with van der Waals surface area (Å²) in [5.74, 6) is 0.631. The van der Waals surface area contributed by atoms with Gasteiger partial charge < -0.3 is 15.1 Å². The Kier molecular flexibility index (Phi) is 6.88. The van der Waals surface area contributed by atoms with Gasteiger partial charge in [0.2, 0.25) is 0 Å². The smallest absolute Gasteiger partial charge is 0.141 e. The second-order valence-corrected chi connectivity index (χ2v) is 9.72. The fourth-order valence-electron chi connectivity index (χ4n) is 5.70. The van der Waals surface area contributed by atoms with Gasteiger partial charge in [0.15, 0.2) is 0 Å². The Morgan fingerprint density at radius 3 is 2.68 bits per heavy atom. The molecule has 5 rings (SSSR count). The maximum absolute atomic E-state index is 10.2. The van der Waals surface area contributed by atoms with Crippen LogP contribution in [0.1, 0.15) is 30.9 Å². The number of rotatable bonds is 7. The summed E-state index contributed by atoms with van der Waals surface area (Å²) < 4.78 is 0. The zero-order valence-corrected chi connectivity index (χ0v) is 20.2. The number of benzene rings is 2. The van der Waals surface area contributed by atoms with Gasteiger partial charge in [-0.2, -0.15) is 0 Å². The maximum atomic E-state index is 10.2.